The maximum absolute atomic E-state index is 12.6. The average molecular weight is 519 g/mol. The summed E-state index contributed by atoms with van der Waals surface area (Å²) in [4.78, 5) is 12.6. The van der Waals surface area contributed by atoms with Gasteiger partial charge in [0, 0.05) is 5.92 Å². The molecule has 0 amide bonds. The van der Waals surface area contributed by atoms with E-state index in [0.717, 1.165) is 6.42 Å². The Morgan fingerprint density at radius 3 is 1.89 bits per heavy atom. The van der Waals surface area contributed by atoms with Crippen LogP contribution in [0.4, 0.5) is 0 Å². The van der Waals surface area contributed by atoms with E-state index in [9.17, 15) is 4.79 Å². The Morgan fingerprint density at radius 2 is 1.46 bits per heavy atom. The predicted molar refractivity (Wildman–Crippen MR) is 155 cm³/mol. The van der Waals surface area contributed by atoms with Crippen LogP contribution >= 0.6 is 0 Å². The Kier molecular flexibility index (Phi) is 7.42. The van der Waals surface area contributed by atoms with Crippen molar-refractivity contribution in [2.75, 3.05) is 6.61 Å². The molecule has 200 valence electrons. The van der Waals surface area contributed by atoms with Gasteiger partial charge in [-0.1, -0.05) is 101 Å². The summed E-state index contributed by atoms with van der Waals surface area (Å²) in [5.41, 5.74) is -0.363. The van der Waals surface area contributed by atoms with E-state index in [0.29, 0.717) is 18.4 Å². The van der Waals surface area contributed by atoms with Crippen molar-refractivity contribution in [1.29, 1.82) is 0 Å². The molecule has 5 atom stereocenters. The second kappa shape index (κ2) is 9.85. The van der Waals surface area contributed by atoms with Crippen molar-refractivity contribution < 1.29 is 14.0 Å². The molecular formula is C33H46O3Si. The Hall–Kier alpha value is -2.17. The number of esters is 1. The lowest BCUT2D eigenvalue weighted by Gasteiger charge is -2.47. The summed E-state index contributed by atoms with van der Waals surface area (Å²) in [5.74, 6) is 1.28. The first kappa shape index (κ1) is 27.9. The molecule has 0 heterocycles. The van der Waals surface area contributed by atoms with Crippen LogP contribution in [0, 0.1) is 34.5 Å². The van der Waals surface area contributed by atoms with Gasteiger partial charge in [0.25, 0.3) is 8.32 Å². The number of rotatable bonds is 7. The number of benzene rings is 2. The van der Waals surface area contributed by atoms with Crippen LogP contribution in [0.25, 0.3) is 0 Å². The van der Waals surface area contributed by atoms with Gasteiger partial charge in [-0.15, -0.1) is 6.58 Å². The maximum atomic E-state index is 12.6. The molecule has 0 saturated heterocycles. The van der Waals surface area contributed by atoms with Gasteiger partial charge in [-0.3, -0.25) is 4.79 Å². The van der Waals surface area contributed by atoms with Crippen molar-refractivity contribution in [3.63, 3.8) is 0 Å². The quantitative estimate of drug-likeness (QED) is 0.235. The molecule has 0 bridgehead atoms. The van der Waals surface area contributed by atoms with E-state index in [-0.39, 0.29) is 34.4 Å². The van der Waals surface area contributed by atoms with Crippen LogP contribution in [0.1, 0.15) is 61.8 Å². The highest BCUT2D eigenvalue weighted by atomic mass is 28.4. The molecule has 2 saturated carbocycles. The minimum absolute atomic E-state index is 0.0625. The van der Waals surface area contributed by atoms with Gasteiger partial charge in [0.05, 0.1) is 18.1 Å². The number of carbonyl (C=O) groups is 1. The molecule has 37 heavy (non-hydrogen) atoms. The van der Waals surface area contributed by atoms with Gasteiger partial charge in [0.2, 0.25) is 0 Å². The first-order chi connectivity index (χ1) is 17.2. The zero-order valence-electron chi connectivity index (χ0n) is 24.1. The van der Waals surface area contributed by atoms with E-state index in [2.05, 4.69) is 108 Å². The van der Waals surface area contributed by atoms with Crippen molar-refractivity contribution in [3.8, 4) is 0 Å². The molecule has 0 spiro atoms. The molecule has 0 unspecified atom stereocenters. The second-order valence-electron chi connectivity index (χ2n) is 13.8. The lowest BCUT2D eigenvalue weighted by molar-refractivity contribution is -0.155. The first-order valence-corrected chi connectivity index (χ1v) is 15.7. The Bertz CT molecular complexity index is 1050. The Balaban J connectivity index is 1.71. The predicted octanol–water partition coefficient (Wildman–Crippen LogP) is 6.62. The molecule has 2 aliphatic rings. The van der Waals surface area contributed by atoms with Crippen LogP contribution in [-0.4, -0.2) is 27.0 Å². The summed E-state index contributed by atoms with van der Waals surface area (Å²) >= 11 is 0. The average Bonchev–Trinajstić information content (AvgIpc) is 3.42. The van der Waals surface area contributed by atoms with Crippen molar-refractivity contribution in [3.05, 3.63) is 73.3 Å². The van der Waals surface area contributed by atoms with Gasteiger partial charge >= 0.3 is 5.97 Å². The highest BCUT2D eigenvalue weighted by molar-refractivity contribution is 6.99. The van der Waals surface area contributed by atoms with E-state index in [1.54, 1.807) is 0 Å². The third-order valence-corrected chi connectivity index (χ3v) is 14.0. The molecule has 0 aromatic heterocycles. The van der Waals surface area contributed by atoms with Crippen molar-refractivity contribution in [2.24, 2.45) is 34.5 Å². The van der Waals surface area contributed by atoms with E-state index in [4.69, 9.17) is 9.16 Å². The maximum Gasteiger partial charge on any atom is 0.311 e. The van der Waals surface area contributed by atoms with Gasteiger partial charge in [0.1, 0.15) is 0 Å². The zero-order chi connectivity index (χ0) is 27.2. The van der Waals surface area contributed by atoms with Gasteiger partial charge in [-0.25, -0.2) is 0 Å². The molecule has 0 N–H and O–H groups in total. The first-order valence-electron chi connectivity index (χ1n) is 13.8. The molecule has 3 nitrogen and oxygen atoms in total. The lowest BCUT2D eigenvalue weighted by Crippen LogP contribution is -2.68. The van der Waals surface area contributed by atoms with E-state index < -0.39 is 13.7 Å². The lowest BCUT2D eigenvalue weighted by atomic mass is 9.78. The van der Waals surface area contributed by atoms with E-state index in [1.165, 1.54) is 10.4 Å². The van der Waals surface area contributed by atoms with Crippen LogP contribution in [0.3, 0.4) is 0 Å². The molecule has 2 aromatic carbocycles. The normalized spacial score (nSPS) is 27.2. The van der Waals surface area contributed by atoms with E-state index >= 15 is 0 Å². The number of carbonyl (C=O) groups excluding carboxylic acids is 1. The van der Waals surface area contributed by atoms with Gasteiger partial charge < -0.3 is 9.16 Å². The Morgan fingerprint density at radius 1 is 0.946 bits per heavy atom. The fraction of sp³-hybridized carbons (Fsp3) is 0.545. The molecule has 2 fully saturated rings. The number of ether oxygens (including phenoxy) is 1. The van der Waals surface area contributed by atoms with Gasteiger partial charge in [-0.2, -0.15) is 0 Å². The molecule has 0 aliphatic heterocycles. The van der Waals surface area contributed by atoms with Crippen molar-refractivity contribution in [2.45, 2.75) is 73.0 Å². The minimum atomic E-state index is -2.66. The molecule has 2 aromatic rings. The summed E-state index contributed by atoms with van der Waals surface area (Å²) < 4.78 is 13.5. The summed E-state index contributed by atoms with van der Waals surface area (Å²) in [6.45, 7) is 22.2. The number of hydrogen-bond donors (Lipinski definition) is 0. The highest BCUT2D eigenvalue weighted by Gasteiger charge is 2.69. The van der Waals surface area contributed by atoms with Crippen LogP contribution < -0.4 is 10.4 Å². The van der Waals surface area contributed by atoms with Gasteiger partial charge in [-0.05, 0) is 65.8 Å². The SMILES string of the molecule is C=C[C@H]1C[C@H](O[Si](c2ccccc2)(c2ccccc2)C(C)(C)C)[C@@H]2[C@H]([C@@H]1COC(=O)C(C)(C)C)C2(C)C. The summed E-state index contributed by atoms with van der Waals surface area (Å²) in [6.07, 6.45) is 3.13. The highest BCUT2D eigenvalue weighted by Crippen LogP contribution is 2.69. The topological polar surface area (TPSA) is 35.5 Å². The van der Waals surface area contributed by atoms with Crippen LogP contribution in [0.15, 0.2) is 73.3 Å². The number of hydrogen-bond acceptors (Lipinski definition) is 3. The zero-order valence-corrected chi connectivity index (χ0v) is 25.1. The molecule has 0 radical (unpaired) electrons. The largest absolute Gasteiger partial charge is 0.465 e. The molecular weight excluding hydrogens is 472 g/mol. The fourth-order valence-electron chi connectivity index (χ4n) is 7.03. The summed E-state index contributed by atoms with van der Waals surface area (Å²) in [7, 11) is -2.66. The van der Waals surface area contributed by atoms with Crippen LogP contribution in [0.2, 0.25) is 5.04 Å². The van der Waals surface area contributed by atoms with Crippen LogP contribution in [0.5, 0.6) is 0 Å². The van der Waals surface area contributed by atoms with Crippen molar-refractivity contribution >= 4 is 24.7 Å². The van der Waals surface area contributed by atoms with E-state index in [1.807, 2.05) is 20.8 Å². The number of allylic oxidation sites excluding steroid dienone is 1. The minimum Gasteiger partial charge on any atom is -0.465 e. The fourth-order valence-corrected chi connectivity index (χ4v) is 11.7. The smallest absolute Gasteiger partial charge is 0.311 e. The molecule has 4 heteroatoms. The third-order valence-electron chi connectivity index (χ3n) is 8.98. The number of fused-ring (bicyclic) bond motifs is 1. The summed E-state index contributed by atoms with van der Waals surface area (Å²) in [5, 5.41) is 2.58. The third kappa shape index (κ3) is 4.99. The van der Waals surface area contributed by atoms with Crippen LogP contribution in [-0.2, 0) is 14.0 Å². The summed E-state index contributed by atoms with van der Waals surface area (Å²) in [6, 6.07) is 21.8. The standard InChI is InChI=1S/C33H46O3Si/c1-10-23-21-27(29-28(33(29,8)9)26(23)22-35-30(34)31(2,3)4)36-37(32(5,6)7,24-17-13-11-14-18-24)25-19-15-12-16-20-25/h10-20,23,26-29H,1,21-22H2,2-9H3/t23-,26+,27-,28-,29+/m0/s1. The van der Waals surface area contributed by atoms with Gasteiger partial charge in [0.15, 0.2) is 0 Å². The Labute approximate surface area is 225 Å². The monoisotopic (exact) mass is 518 g/mol. The molecule has 4 rings (SSSR count). The molecule has 2 aliphatic carbocycles. The van der Waals surface area contributed by atoms with Crippen molar-refractivity contribution in [1.82, 2.24) is 0 Å². The second-order valence-corrected chi connectivity index (χ2v) is 18.1.